The first-order valence-corrected chi connectivity index (χ1v) is 5.66. The van der Waals surface area contributed by atoms with Gasteiger partial charge in [-0.1, -0.05) is 12.1 Å². The van der Waals surface area contributed by atoms with E-state index in [2.05, 4.69) is 0 Å². The van der Waals surface area contributed by atoms with Crippen LogP contribution in [0.5, 0.6) is 5.75 Å². The van der Waals surface area contributed by atoms with Crippen molar-refractivity contribution in [2.45, 2.75) is 5.92 Å². The third-order valence-electron chi connectivity index (χ3n) is 3.33. The van der Waals surface area contributed by atoms with E-state index in [0.29, 0.717) is 12.3 Å². The number of rotatable bonds is 3. The van der Waals surface area contributed by atoms with Crippen molar-refractivity contribution in [2.24, 2.45) is 5.92 Å². The minimum atomic E-state index is -1.06. The van der Waals surface area contributed by atoms with Gasteiger partial charge in [-0.15, -0.1) is 0 Å². The summed E-state index contributed by atoms with van der Waals surface area (Å²) in [6.45, 7) is 0.433. The first kappa shape index (κ1) is 12.4. The molecule has 0 bridgehead atoms. The van der Waals surface area contributed by atoms with Crippen LogP contribution in [-0.4, -0.2) is 42.6 Å². The Morgan fingerprint density at radius 2 is 2.00 bits per heavy atom. The zero-order valence-corrected chi connectivity index (χ0v) is 10.3. The number of carboxylic acids is 1. The molecule has 5 nitrogen and oxygen atoms in total. The fourth-order valence-electron chi connectivity index (χ4n) is 2.33. The van der Waals surface area contributed by atoms with Crippen LogP contribution >= 0.6 is 0 Å². The number of carbonyl (C=O) groups is 2. The zero-order valence-electron chi connectivity index (χ0n) is 10.3. The molecule has 1 N–H and O–H groups in total. The maximum Gasteiger partial charge on any atom is 0.316 e. The molecule has 0 saturated carbocycles. The fraction of sp³-hybridized carbons (Fsp3) is 0.385. The summed E-state index contributed by atoms with van der Waals surface area (Å²) in [5.74, 6) is -1.97. The quantitative estimate of drug-likeness (QED) is 0.810. The Bertz CT molecular complexity index is 468. The highest BCUT2D eigenvalue weighted by Crippen LogP contribution is 2.33. The van der Waals surface area contributed by atoms with E-state index in [9.17, 15) is 9.59 Å². The van der Waals surface area contributed by atoms with Gasteiger partial charge >= 0.3 is 5.97 Å². The molecule has 1 heterocycles. The zero-order chi connectivity index (χ0) is 13.3. The second kappa shape index (κ2) is 4.68. The van der Waals surface area contributed by atoms with Gasteiger partial charge in [0.15, 0.2) is 0 Å². The van der Waals surface area contributed by atoms with Crippen molar-refractivity contribution in [1.29, 1.82) is 0 Å². The summed E-state index contributed by atoms with van der Waals surface area (Å²) in [6.07, 6.45) is 0. The highest BCUT2D eigenvalue weighted by Gasteiger charge is 2.44. The molecule has 1 saturated heterocycles. The van der Waals surface area contributed by atoms with E-state index in [4.69, 9.17) is 9.84 Å². The number of benzene rings is 1. The van der Waals surface area contributed by atoms with Crippen molar-refractivity contribution in [1.82, 2.24) is 4.90 Å². The predicted octanol–water partition coefficient (Wildman–Crippen LogP) is 0.952. The maximum absolute atomic E-state index is 11.8. The molecule has 18 heavy (non-hydrogen) atoms. The van der Waals surface area contributed by atoms with Crippen molar-refractivity contribution in [3.8, 4) is 5.75 Å². The van der Waals surface area contributed by atoms with E-state index in [1.54, 1.807) is 26.3 Å². The number of methoxy groups -OCH3 is 1. The second-order valence-electron chi connectivity index (χ2n) is 4.41. The minimum Gasteiger partial charge on any atom is -0.497 e. The van der Waals surface area contributed by atoms with Gasteiger partial charge in [0.2, 0.25) is 5.91 Å². The number of carboxylic acid groups (broad SMARTS) is 1. The molecule has 0 radical (unpaired) electrons. The molecule has 1 amide bonds. The largest absolute Gasteiger partial charge is 0.497 e. The first-order valence-electron chi connectivity index (χ1n) is 5.66. The van der Waals surface area contributed by atoms with Gasteiger partial charge in [0.25, 0.3) is 0 Å². The second-order valence-corrected chi connectivity index (χ2v) is 4.41. The van der Waals surface area contributed by atoms with Crippen LogP contribution in [0.25, 0.3) is 0 Å². The fourth-order valence-corrected chi connectivity index (χ4v) is 2.33. The van der Waals surface area contributed by atoms with E-state index in [1.165, 1.54) is 4.90 Å². The van der Waals surface area contributed by atoms with Crippen LogP contribution in [0.1, 0.15) is 11.5 Å². The van der Waals surface area contributed by atoms with Crippen LogP contribution in [0.15, 0.2) is 24.3 Å². The molecule has 96 valence electrons. The number of hydrogen-bond acceptors (Lipinski definition) is 3. The number of carbonyl (C=O) groups excluding carboxylic acids is 1. The summed E-state index contributed by atoms with van der Waals surface area (Å²) in [7, 11) is 3.20. The lowest BCUT2D eigenvalue weighted by Crippen LogP contribution is -2.28. The third kappa shape index (κ3) is 2.03. The maximum atomic E-state index is 11.8. The summed E-state index contributed by atoms with van der Waals surface area (Å²) in [6, 6.07) is 7.17. The molecule has 1 aromatic rings. The van der Waals surface area contributed by atoms with Gasteiger partial charge in [-0.05, 0) is 17.7 Å². The van der Waals surface area contributed by atoms with Gasteiger partial charge in [-0.2, -0.15) is 0 Å². The van der Waals surface area contributed by atoms with E-state index < -0.39 is 11.9 Å². The third-order valence-corrected chi connectivity index (χ3v) is 3.33. The molecule has 1 fully saturated rings. The Hall–Kier alpha value is -2.04. The Morgan fingerprint density at radius 3 is 2.50 bits per heavy atom. The molecule has 5 heteroatoms. The van der Waals surface area contributed by atoms with Crippen LogP contribution in [0.4, 0.5) is 0 Å². The van der Waals surface area contributed by atoms with Gasteiger partial charge in [0.1, 0.15) is 11.7 Å². The highest BCUT2D eigenvalue weighted by molar-refractivity contribution is 5.99. The van der Waals surface area contributed by atoms with Crippen LogP contribution in [0.3, 0.4) is 0 Å². The standard InChI is InChI=1S/C13H15NO4/c1-14-7-10(11(12(14)15)13(16)17)8-3-5-9(18-2)6-4-8/h3-6,10-11H,7H2,1-2H3,(H,16,17)/t10-,11-/m1/s1. The number of amides is 1. The van der Waals surface area contributed by atoms with Gasteiger partial charge in [0, 0.05) is 19.5 Å². The molecule has 0 aliphatic carbocycles. The summed E-state index contributed by atoms with van der Waals surface area (Å²) < 4.78 is 5.05. The van der Waals surface area contributed by atoms with Crippen LogP contribution in [-0.2, 0) is 9.59 Å². The summed E-state index contributed by atoms with van der Waals surface area (Å²) >= 11 is 0. The van der Waals surface area contributed by atoms with Crippen molar-refractivity contribution in [3.63, 3.8) is 0 Å². The molecule has 0 spiro atoms. The minimum absolute atomic E-state index is 0.300. The van der Waals surface area contributed by atoms with Crippen molar-refractivity contribution in [2.75, 3.05) is 20.7 Å². The SMILES string of the molecule is COc1ccc([C@H]2CN(C)C(=O)[C@@H]2C(=O)O)cc1. The summed E-state index contributed by atoms with van der Waals surface area (Å²) in [5.41, 5.74) is 0.848. The van der Waals surface area contributed by atoms with Gasteiger partial charge in [0.05, 0.1) is 7.11 Å². The van der Waals surface area contributed by atoms with E-state index in [1.807, 2.05) is 12.1 Å². The number of hydrogen-bond donors (Lipinski definition) is 1. The smallest absolute Gasteiger partial charge is 0.316 e. The average Bonchev–Trinajstić information content (AvgIpc) is 2.66. The topological polar surface area (TPSA) is 66.8 Å². The Kier molecular flexibility index (Phi) is 3.23. The first-order chi connectivity index (χ1) is 8.54. The molecule has 2 atom stereocenters. The van der Waals surface area contributed by atoms with Crippen LogP contribution in [0.2, 0.25) is 0 Å². The number of ether oxygens (including phenoxy) is 1. The van der Waals surface area contributed by atoms with Crippen molar-refractivity contribution >= 4 is 11.9 Å². The lowest BCUT2D eigenvalue weighted by Gasteiger charge is -2.13. The lowest BCUT2D eigenvalue weighted by atomic mass is 9.88. The average molecular weight is 249 g/mol. The molecule has 1 aliphatic rings. The molecule has 2 rings (SSSR count). The van der Waals surface area contributed by atoms with Gasteiger partial charge in [-0.3, -0.25) is 9.59 Å². The number of likely N-dealkylation sites (N-methyl/N-ethyl adjacent to an activating group) is 1. The normalized spacial score (nSPS) is 23.2. The van der Waals surface area contributed by atoms with Crippen molar-refractivity contribution in [3.05, 3.63) is 29.8 Å². The summed E-state index contributed by atoms with van der Waals surface area (Å²) in [5, 5.41) is 9.16. The van der Waals surface area contributed by atoms with Crippen LogP contribution < -0.4 is 4.74 Å². The molecular weight excluding hydrogens is 234 g/mol. The molecule has 1 aliphatic heterocycles. The Balaban J connectivity index is 2.30. The van der Waals surface area contributed by atoms with Crippen molar-refractivity contribution < 1.29 is 19.4 Å². The molecule has 1 aromatic carbocycles. The molecule has 0 aromatic heterocycles. The monoisotopic (exact) mass is 249 g/mol. The Morgan fingerprint density at radius 1 is 1.39 bits per heavy atom. The predicted molar refractivity (Wildman–Crippen MR) is 64.5 cm³/mol. The molecule has 0 unspecified atom stereocenters. The van der Waals surface area contributed by atoms with E-state index >= 15 is 0 Å². The number of likely N-dealkylation sites (tertiary alicyclic amines) is 1. The van der Waals surface area contributed by atoms with Gasteiger partial charge < -0.3 is 14.7 Å². The number of nitrogens with zero attached hydrogens (tertiary/aromatic N) is 1. The van der Waals surface area contributed by atoms with Crippen LogP contribution in [0, 0.1) is 5.92 Å². The number of aliphatic carboxylic acids is 1. The van der Waals surface area contributed by atoms with E-state index in [-0.39, 0.29) is 11.8 Å². The molecular formula is C13H15NO4. The van der Waals surface area contributed by atoms with Gasteiger partial charge in [-0.25, -0.2) is 0 Å². The highest BCUT2D eigenvalue weighted by atomic mass is 16.5. The summed E-state index contributed by atoms with van der Waals surface area (Å²) in [4.78, 5) is 24.4. The lowest BCUT2D eigenvalue weighted by molar-refractivity contribution is -0.147. The van der Waals surface area contributed by atoms with E-state index in [0.717, 1.165) is 5.56 Å². The Labute approximate surface area is 105 Å².